The topological polar surface area (TPSA) is 44.1 Å². The van der Waals surface area contributed by atoms with E-state index < -0.39 is 0 Å². The Hall–Kier alpha value is -1.81. The molecule has 0 atom stereocenters. The maximum absolute atomic E-state index is 12.4. The highest BCUT2D eigenvalue weighted by molar-refractivity contribution is 6.34. The maximum Gasteiger partial charge on any atom is 0.212 e. The van der Waals surface area contributed by atoms with E-state index in [1.54, 1.807) is 13.1 Å². The Morgan fingerprint density at radius 2 is 2.33 bits per heavy atom. The second-order valence-electron chi connectivity index (χ2n) is 4.21. The van der Waals surface area contributed by atoms with Gasteiger partial charge >= 0.3 is 0 Å². The fourth-order valence-corrected chi connectivity index (χ4v) is 2.38. The zero-order valence-electron chi connectivity index (χ0n) is 9.81. The van der Waals surface area contributed by atoms with Gasteiger partial charge in [-0.2, -0.15) is 5.10 Å². The highest BCUT2D eigenvalue weighted by Gasteiger charge is 2.20. The van der Waals surface area contributed by atoms with Gasteiger partial charge in [0.2, 0.25) is 5.78 Å². The number of aryl methyl sites for hydroxylation is 1. The molecule has 1 aliphatic heterocycles. The third-order valence-electron chi connectivity index (χ3n) is 3.06. The van der Waals surface area contributed by atoms with Crippen molar-refractivity contribution in [1.29, 1.82) is 0 Å². The molecule has 0 amide bonds. The average Bonchev–Trinajstić information content (AvgIpc) is 2.94. The Bertz CT molecular complexity index is 614. The summed E-state index contributed by atoms with van der Waals surface area (Å²) in [6.45, 7) is 0.680. The lowest BCUT2D eigenvalue weighted by molar-refractivity contribution is 0.103. The molecule has 0 saturated heterocycles. The van der Waals surface area contributed by atoms with Crippen molar-refractivity contribution >= 4 is 17.4 Å². The summed E-state index contributed by atoms with van der Waals surface area (Å²) in [5.41, 5.74) is 2.10. The van der Waals surface area contributed by atoms with Crippen LogP contribution in [0.3, 0.4) is 0 Å². The number of ether oxygens (including phenoxy) is 1. The summed E-state index contributed by atoms with van der Waals surface area (Å²) >= 11 is 5.98. The monoisotopic (exact) mass is 262 g/mol. The molecule has 0 saturated carbocycles. The standard InChI is InChI=1S/C13H11ClN2O2/c1-16-12(10(14)7-15-16)13(17)9-2-3-11-8(6-9)4-5-18-11/h2-3,6-7H,4-5H2,1H3. The van der Waals surface area contributed by atoms with Gasteiger partial charge in [0.05, 0.1) is 17.8 Å². The highest BCUT2D eigenvalue weighted by Crippen LogP contribution is 2.27. The van der Waals surface area contributed by atoms with E-state index in [1.807, 2.05) is 12.1 Å². The minimum absolute atomic E-state index is 0.116. The van der Waals surface area contributed by atoms with Gasteiger partial charge in [0.1, 0.15) is 11.4 Å². The normalized spacial score (nSPS) is 13.2. The van der Waals surface area contributed by atoms with Crippen LogP contribution < -0.4 is 4.74 Å². The van der Waals surface area contributed by atoms with Crippen LogP contribution in [0.4, 0.5) is 0 Å². The van der Waals surface area contributed by atoms with Gasteiger partial charge in [0.15, 0.2) is 0 Å². The molecule has 4 nitrogen and oxygen atoms in total. The van der Waals surface area contributed by atoms with Gasteiger partial charge in [-0.1, -0.05) is 11.6 Å². The average molecular weight is 263 g/mol. The van der Waals surface area contributed by atoms with Gasteiger partial charge in [-0.15, -0.1) is 0 Å². The van der Waals surface area contributed by atoms with E-state index in [9.17, 15) is 4.79 Å². The van der Waals surface area contributed by atoms with E-state index in [4.69, 9.17) is 16.3 Å². The second kappa shape index (κ2) is 4.14. The summed E-state index contributed by atoms with van der Waals surface area (Å²) in [5, 5.41) is 4.35. The molecular formula is C13H11ClN2O2. The first-order chi connectivity index (χ1) is 8.66. The van der Waals surface area contributed by atoms with Crippen LogP contribution >= 0.6 is 11.6 Å². The van der Waals surface area contributed by atoms with E-state index in [0.717, 1.165) is 17.7 Å². The number of rotatable bonds is 2. The Balaban J connectivity index is 2.03. The Labute approximate surface area is 109 Å². The summed E-state index contributed by atoms with van der Waals surface area (Å²) in [5.74, 6) is 0.748. The van der Waals surface area contributed by atoms with E-state index >= 15 is 0 Å². The zero-order valence-corrected chi connectivity index (χ0v) is 10.6. The van der Waals surface area contributed by atoms with Gasteiger partial charge in [-0.3, -0.25) is 9.48 Å². The number of carbonyl (C=O) groups excluding carboxylic acids is 1. The van der Waals surface area contributed by atoms with E-state index in [2.05, 4.69) is 5.10 Å². The van der Waals surface area contributed by atoms with E-state index in [1.165, 1.54) is 10.9 Å². The molecule has 0 N–H and O–H groups in total. The van der Waals surface area contributed by atoms with Crippen molar-refractivity contribution in [2.24, 2.45) is 7.05 Å². The molecule has 0 fully saturated rings. The van der Waals surface area contributed by atoms with Crippen LogP contribution in [-0.4, -0.2) is 22.2 Å². The molecule has 2 aromatic rings. The van der Waals surface area contributed by atoms with Gasteiger partial charge in [-0.25, -0.2) is 0 Å². The predicted octanol–water partition coefficient (Wildman–Crippen LogP) is 2.24. The largest absolute Gasteiger partial charge is 0.493 e. The molecule has 3 rings (SSSR count). The number of carbonyl (C=O) groups is 1. The minimum atomic E-state index is -0.116. The van der Waals surface area contributed by atoms with Crippen LogP contribution in [-0.2, 0) is 13.5 Å². The molecule has 2 heterocycles. The third-order valence-corrected chi connectivity index (χ3v) is 3.34. The third kappa shape index (κ3) is 1.69. The fraction of sp³-hybridized carbons (Fsp3) is 0.231. The molecule has 0 bridgehead atoms. The Morgan fingerprint density at radius 3 is 3.06 bits per heavy atom. The summed E-state index contributed by atoms with van der Waals surface area (Å²) < 4.78 is 6.91. The molecule has 5 heteroatoms. The lowest BCUT2D eigenvalue weighted by Gasteiger charge is -2.04. The fourth-order valence-electron chi connectivity index (χ4n) is 2.13. The molecule has 18 heavy (non-hydrogen) atoms. The number of hydrogen-bond donors (Lipinski definition) is 0. The van der Waals surface area contributed by atoms with Crippen molar-refractivity contribution in [3.8, 4) is 5.75 Å². The number of nitrogens with zero attached hydrogens (tertiary/aromatic N) is 2. The first kappa shape index (κ1) is 11.3. The van der Waals surface area contributed by atoms with E-state index in [-0.39, 0.29) is 5.78 Å². The predicted molar refractivity (Wildman–Crippen MR) is 67.3 cm³/mol. The molecule has 1 aromatic heterocycles. The zero-order chi connectivity index (χ0) is 12.7. The van der Waals surface area contributed by atoms with E-state index in [0.29, 0.717) is 22.9 Å². The lowest BCUT2D eigenvalue weighted by atomic mass is 10.0. The molecule has 0 unspecified atom stereocenters. The summed E-state index contributed by atoms with van der Waals surface area (Å²) in [6.07, 6.45) is 2.32. The minimum Gasteiger partial charge on any atom is -0.493 e. The van der Waals surface area contributed by atoms with Gasteiger partial charge < -0.3 is 4.74 Å². The van der Waals surface area contributed by atoms with Crippen LogP contribution in [0.1, 0.15) is 21.6 Å². The number of fused-ring (bicyclic) bond motifs is 1. The first-order valence-electron chi connectivity index (χ1n) is 5.65. The number of ketones is 1. The van der Waals surface area contributed by atoms with Gasteiger partial charge in [0, 0.05) is 19.0 Å². The summed E-state index contributed by atoms with van der Waals surface area (Å²) in [6, 6.07) is 5.46. The summed E-state index contributed by atoms with van der Waals surface area (Å²) in [7, 11) is 1.70. The Morgan fingerprint density at radius 1 is 1.50 bits per heavy atom. The first-order valence-corrected chi connectivity index (χ1v) is 6.02. The molecule has 0 radical (unpaired) electrons. The molecular weight excluding hydrogens is 252 g/mol. The number of benzene rings is 1. The Kier molecular flexibility index (Phi) is 2.59. The smallest absolute Gasteiger partial charge is 0.212 e. The molecule has 1 aliphatic rings. The molecule has 0 spiro atoms. The van der Waals surface area contributed by atoms with Crippen molar-refractivity contribution < 1.29 is 9.53 Å². The van der Waals surface area contributed by atoms with Crippen LogP contribution in [0.5, 0.6) is 5.75 Å². The van der Waals surface area contributed by atoms with Gasteiger partial charge in [0.25, 0.3) is 0 Å². The maximum atomic E-state index is 12.4. The molecule has 1 aromatic carbocycles. The molecule has 92 valence electrons. The summed E-state index contributed by atoms with van der Waals surface area (Å²) in [4.78, 5) is 12.4. The van der Waals surface area contributed by atoms with Crippen molar-refractivity contribution in [2.45, 2.75) is 6.42 Å². The molecule has 0 aliphatic carbocycles. The number of hydrogen-bond acceptors (Lipinski definition) is 3. The van der Waals surface area contributed by atoms with Crippen molar-refractivity contribution in [2.75, 3.05) is 6.61 Å². The van der Waals surface area contributed by atoms with Crippen molar-refractivity contribution in [1.82, 2.24) is 9.78 Å². The van der Waals surface area contributed by atoms with Crippen molar-refractivity contribution in [3.63, 3.8) is 0 Å². The van der Waals surface area contributed by atoms with Crippen LogP contribution in [0, 0.1) is 0 Å². The van der Waals surface area contributed by atoms with Gasteiger partial charge in [-0.05, 0) is 23.8 Å². The highest BCUT2D eigenvalue weighted by atomic mass is 35.5. The SMILES string of the molecule is Cn1ncc(Cl)c1C(=O)c1ccc2c(c1)CCO2. The van der Waals surface area contributed by atoms with Crippen molar-refractivity contribution in [3.05, 3.63) is 46.2 Å². The lowest BCUT2D eigenvalue weighted by Crippen LogP contribution is -2.09. The quantitative estimate of drug-likeness (QED) is 0.780. The second-order valence-corrected chi connectivity index (χ2v) is 4.62. The van der Waals surface area contributed by atoms with Crippen LogP contribution in [0.25, 0.3) is 0 Å². The number of halogens is 1. The van der Waals surface area contributed by atoms with Crippen LogP contribution in [0.15, 0.2) is 24.4 Å². The van der Waals surface area contributed by atoms with Crippen LogP contribution in [0.2, 0.25) is 5.02 Å². The number of aromatic nitrogens is 2.